The van der Waals surface area contributed by atoms with Crippen LogP contribution in [-0.4, -0.2) is 37.2 Å². The second-order valence-corrected chi connectivity index (χ2v) is 9.84. The van der Waals surface area contributed by atoms with E-state index in [9.17, 15) is 0 Å². The van der Waals surface area contributed by atoms with Crippen molar-refractivity contribution in [3.63, 3.8) is 0 Å². The van der Waals surface area contributed by atoms with E-state index in [-0.39, 0.29) is 35.5 Å². The highest BCUT2D eigenvalue weighted by Gasteiger charge is 2.35. The third-order valence-electron chi connectivity index (χ3n) is 5.38. The van der Waals surface area contributed by atoms with Crippen LogP contribution in [0.1, 0.15) is 44.2 Å². The standard InChI is InChI=1S/C23H34N4OS.HI/c1-16-19(29-21(27-16)17-10-7-6-8-11-17)15-26-22(24-5)25-14-18-12-9-13-28-20(18)23(2,3)4;/h6-8,10-11,18,20H,9,12-15H2,1-5H3,(H2,24,25,26);1H. The van der Waals surface area contributed by atoms with E-state index in [1.165, 1.54) is 16.9 Å². The molecule has 1 saturated heterocycles. The summed E-state index contributed by atoms with van der Waals surface area (Å²) in [6.07, 6.45) is 2.60. The van der Waals surface area contributed by atoms with Crippen molar-refractivity contribution < 1.29 is 4.74 Å². The van der Waals surface area contributed by atoms with Crippen LogP contribution in [0, 0.1) is 18.3 Å². The molecule has 1 aliphatic heterocycles. The zero-order chi connectivity index (χ0) is 20.9. The van der Waals surface area contributed by atoms with Gasteiger partial charge in [0.1, 0.15) is 5.01 Å². The highest BCUT2D eigenvalue weighted by atomic mass is 127. The minimum Gasteiger partial charge on any atom is -0.377 e. The molecule has 30 heavy (non-hydrogen) atoms. The number of hydrogen-bond donors (Lipinski definition) is 2. The molecular formula is C23H35IN4OS. The molecule has 1 aromatic carbocycles. The van der Waals surface area contributed by atoms with E-state index >= 15 is 0 Å². The van der Waals surface area contributed by atoms with Gasteiger partial charge in [-0.05, 0) is 25.2 Å². The SMILES string of the molecule is CN=C(NCc1sc(-c2ccccc2)nc1C)NCC1CCCOC1C(C)(C)C.I. The first-order valence-electron chi connectivity index (χ1n) is 10.5. The lowest BCUT2D eigenvalue weighted by Gasteiger charge is -2.40. The Morgan fingerprint density at radius 2 is 1.97 bits per heavy atom. The van der Waals surface area contributed by atoms with Crippen molar-refractivity contribution in [3.8, 4) is 10.6 Å². The molecule has 0 amide bonds. The first kappa shape index (κ1) is 25.1. The van der Waals surface area contributed by atoms with Crippen LogP contribution in [0.2, 0.25) is 0 Å². The van der Waals surface area contributed by atoms with Crippen molar-refractivity contribution in [2.24, 2.45) is 16.3 Å². The van der Waals surface area contributed by atoms with Gasteiger partial charge in [0.05, 0.1) is 18.3 Å². The Balaban J connectivity index is 0.00000320. The molecule has 2 N–H and O–H groups in total. The predicted molar refractivity (Wildman–Crippen MR) is 138 cm³/mol. The lowest BCUT2D eigenvalue weighted by Crippen LogP contribution is -2.47. The molecule has 0 aliphatic carbocycles. The fraction of sp³-hybridized carbons (Fsp3) is 0.565. The zero-order valence-electron chi connectivity index (χ0n) is 18.7. The summed E-state index contributed by atoms with van der Waals surface area (Å²) < 4.78 is 6.10. The van der Waals surface area contributed by atoms with Gasteiger partial charge in [-0.3, -0.25) is 4.99 Å². The van der Waals surface area contributed by atoms with Crippen molar-refractivity contribution in [2.45, 2.75) is 53.2 Å². The number of aliphatic imine (C=N–C) groups is 1. The van der Waals surface area contributed by atoms with Crippen LogP contribution in [0.3, 0.4) is 0 Å². The summed E-state index contributed by atoms with van der Waals surface area (Å²) in [5, 5.41) is 8.03. The molecule has 7 heteroatoms. The summed E-state index contributed by atoms with van der Waals surface area (Å²) in [7, 11) is 1.82. The van der Waals surface area contributed by atoms with E-state index in [0.29, 0.717) is 5.92 Å². The van der Waals surface area contributed by atoms with E-state index in [1.54, 1.807) is 11.3 Å². The van der Waals surface area contributed by atoms with E-state index in [0.717, 1.165) is 42.8 Å². The minimum atomic E-state index is 0. The normalized spacial score (nSPS) is 19.8. The number of aryl methyl sites for hydroxylation is 1. The van der Waals surface area contributed by atoms with Crippen LogP contribution >= 0.6 is 35.3 Å². The van der Waals surface area contributed by atoms with Gasteiger partial charge < -0.3 is 15.4 Å². The fourth-order valence-corrected chi connectivity index (χ4v) is 4.93. The lowest BCUT2D eigenvalue weighted by molar-refractivity contribution is -0.0835. The first-order valence-corrected chi connectivity index (χ1v) is 11.3. The number of thiazole rings is 1. The number of guanidine groups is 1. The van der Waals surface area contributed by atoms with E-state index in [2.05, 4.69) is 67.6 Å². The molecule has 0 radical (unpaired) electrons. The fourth-order valence-electron chi connectivity index (χ4n) is 3.92. The van der Waals surface area contributed by atoms with Crippen LogP contribution in [0.4, 0.5) is 0 Å². The quantitative estimate of drug-likeness (QED) is 0.308. The van der Waals surface area contributed by atoms with Crippen molar-refractivity contribution in [3.05, 3.63) is 40.9 Å². The summed E-state index contributed by atoms with van der Waals surface area (Å²) in [4.78, 5) is 10.4. The number of nitrogens with one attached hydrogen (secondary N) is 2. The summed E-state index contributed by atoms with van der Waals surface area (Å²) >= 11 is 1.74. The van der Waals surface area contributed by atoms with Crippen molar-refractivity contribution in [1.82, 2.24) is 15.6 Å². The van der Waals surface area contributed by atoms with Crippen LogP contribution in [0.15, 0.2) is 35.3 Å². The Kier molecular flexibility index (Phi) is 9.56. The van der Waals surface area contributed by atoms with Gasteiger partial charge in [0.25, 0.3) is 0 Å². The molecule has 0 spiro atoms. The maximum Gasteiger partial charge on any atom is 0.191 e. The van der Waals surface area contributed by atoms with Gasteiger partial charge in [-0.15, -0.1) is 35.3 Å². The molecule has 0 saturated carbocycles. The maximum atomic E-state index is 6.10. The molecular weight excluding hydrogens is 507 g/mol. The highest BCUT2D eigenvalue weighted by molar-refractivity contribution is 14.0. The summed E-state index contributed by atoms with van der Waals surface area (Å²) in [5.74, 6) is 1.33. The largest absolute Gasteiger partial charge is 0.377 e. The van der Waals surface area contributed by atoms with Crippen molar-refractivity contribution >= 4 is 41.3 Å². The molecule has 3 rings (SSSR count). The van der Waals surface area contributed by atoms with Gasteiger partial charge in [-0.25, -0.2) is 4.98 Å². The van der Waals surface area contributed by atoms with E-state index in [4.69, 9.17) is 9.72 Å². The topological polar surface area (TPSA) is 58.5 Å². The average Bonchev–Trinajstić information content (AvgIpc) is 3.09. The molecule has 1 aliphatic rings. The minimum absolute atomic E-state index is 0. The number of halogens is 1. The highest BCUT2D eigenvalue weighted by Crippen LogP contribution is 2.33. The Morgan fingerprint density at radius 1 is 1.23 bits per heavy atom. The van der Waals surface area contributed by atoms with Crippen molar-refractivity contribution in [2.75, 3.05) is 20.2 Å². The van der Waals surface area contributed by atoms with Gasteiger partial charge in [-0.1, -0.05) is 51.1 Å². The third-order valence-corrected chi connectivity index (χ3v) is 6.59. The summed E-state index contributed by atoms with van der Waals surface area (Å²) in [6, 6.07) is 10.3. The molecule has 0 bridgehead atoms. The predicted octanol–water partition coefficient (Wildman–Crippen LogP) is 5.24. The molecule has 2 aromatic rings. The summed E-state index contributed by atoms with van der Waals surface area (Å²) in [6.45, 7) is 11.3. The Hall–Kier alpha value is -1.19. The van der Waals surface area contributed by atoms with Crippen LogP contribution in [0.25, 0.3) is 10.6 Å². The maximum absolute atomic E-state index is 6.10. The number of hydrogen-bond acceptors (Lipinski definition) is 4. The molecule has 2 heterocycles. The molecule has 1 fully saturated rings. The molecule has 5 nitrogen and oxygen atoms in total. The van der Waals surface area contributed by atoms with E-state index < -0.39 is 0 Å². The first-order chi connectivity index (χ1) is 13.9. The number of nitrogens with zero attached hydrogens (tertiary/aromatic N) is 2. The zero-order valence-corrected chi connectivity index (χ0v) is 21.8. The molecule has 166 valence electrons. The smallest absolute Gasteiger partial charge is 0.191 e. The van der Waals surface area contributed by atoms with Gasteiger partial charge in [0.15, 0.2) is 5.96 Å². The van der Waals surface area contributed by atoms with Gasteiger partial charge in [-0.2, -0.15) is 0 Å². The second-order valence-electron chi connectivity index (χ2n) is 8.76. The molecule has 2 unspecified atom stereocenters. The van der Waals surface area contributed by atoms with Crippen LogP contribution in [0.5, 0.6) is 0 Å². The number of aromatic nitrogens is 1. The Bertz CT molecular complexity index is 816. The Morgan fingerprint density at radius 3 is 2.63 bits per heavy atom. The van der Waals surface area contributed by atoms with Crippen molar-refractivity contribution in [1.29, 1.82) is 0 Å². The third kappa shape index (κ3) is 6.65. The number of benzene rings is 1. The molecule has 1 aromatic heterocycles. The molecule has 2 atom stereocenters. The lowest BCUT2D eigenvalue weighted by atomic mass is 9.78. The van der Waals surface area contributed by atoms with Gasteiger partial charge in [0, 0.05) is 36.6 Å². The van der Waals surface area contributed by atoms with Gasteiger partial charge >= 0.3 is 0 Å². The van der Waals surface area contributed by atoms with Gasteiger partial charge in [0.2, 0.25) is 0 Å². The number of rotatable bonds is 5. The van der Waals surface area contributed by atoms with Crippen LogP contribution < -0.4 is 10.6 Å². The van der Waals surface area contributed by atoms with E-state index in [1.807, 2.05) is 13.1 Å². The Labute approximate surface area is 202 Å². The second kappa shape index (κ2) is 11.4. The van der Waals surface area contributed by atoms with Crippen LogP contribution in [-0.2, 0) is 11.3 Å². The number of ether oxygens (including phenoxy) is 1. The average molecular weight is 543 g/mol. The summed E-state index contributed by atoms with van der Waals surface area (Å²) in [5.41, 5.74) is 2.39. The monoisotopic (exact) mass is 542 g/mol.